The minimum atomic E-state index is 0.0000749. The molecule has 0 aliphatic heterocycles. The summed E-state index contributed by atoms with van der Waals surface area (Å²) >= 11 is 0. The number of rotatable bonds is 6. The van der Waals surface area contributed by atoms with E-state index >= 15 is 0 Å². The summed E-state index contributed by atoms with van der Waals surface area (Å²) in [4.78, 5) is 8.21. The normalized spacial score (nSPS) is 10.7. The second kappa shape index (κ2) is 6.90. The lowest BCUT2D eigenvalue weighted by atomic mass is 10.2. The number of hydrogen-bond donors (Lipinski definition) is 2. The molecule has 0 fully saturated rings. The number of benzene rings is 1. The van der Waals surface area contributed by atoms with Gasteiger partial charge in [-0.25, -0.2) is 4.98 Å². The molecule has 0 saturated carbocycles. The predicted molar refractivity (Wildman–Crippen MR) is 82.6 cm³/mol. The third kappa shape index (κ3) is 4.06. The molecule has 0 radical (unpaired) electrons. The van der Waals surface area contributed by atoms with E-state index in [4.69, 9.17) is 15.2 Å². The number of nitrogens with one attached hydrogen (secondary N) is 1. The molecule has 6 heteroatoms. The Balaban J connectivity index is 2.21. The standard InChI is InChI=1S/C15H20N4O2/c1-10(2)21-15-13(16)14(17-9-18-15)19-12-6-4-5-11(7-12)8-20-3/h4-7,9-10H,8,16H2,1-3H3,(H,17,18,19). The molecule has 0 unspecified atom stereocenters. The Hall–Kier alpha value is -2.34. The molecular weight excluding hydrogens is 268 g/mol. The fourth-order valence-electron chi connectivity index (χ4n) is 1.84. The Labute approximate surface area is 124 Å². The van der Waals surface area contributed by atoms with E-state index in [1.807, 2.05) is 38.1 Å². The molecule has 0 saturated heterocycles. The molecule has 0 atom stereocenters. The molecule has 0 amide bonds. The molecule has 0 spiro atoms. The van der Waals surface area contributed by atoms with Gasteiger partial charge in [-0.3, -0.25) is 0 Å². The van der Waals surface area contributed by atoms with Crippen LogP contribution in [0.5, 0.6) is 5.88 Å². The summed E-state index contributed by atoms with van der Waals surface area (Å²) in [6, 6.07) is 7.85. The van der Waals surface area contributed by atoms with Crippen molar-refractivity contribution < 1.29 is 9.47 Å². The number of nitrogens with zero attached hydrogens (tertiary/aromatic N) is 2. The topological polar surface area (TPSA) is 82.3 Å². The fourth-order valence-corrected chi connectivity index (χ4v) is 1.84. The molecule has 0 aliphatic carbocycles. The quantitative estimate of drug-likeness (QED) is 0.850. The molecule has 2 rings (SSSR count). The van der Waals surface area contributed by atoms with Crippen LogP contribution in [-0.4, -0.2) is 23.2 Å². The van der Waals surface area contributed by atoms with Gasteiger partial charge in [0.1, 0.15) is 12.0 Å². The van der Waals surface area contributed by atoms with Gasteiger partial charge in [-0.2, -0.15) is 4.98 Å². The van der Waals surface area contributed by atoms with Crippen LogP contribution < -0.4 is 15.8 Å². The molecule has 6 nitrogen and oxygen atoms in total. The summed E-state index contributed by atoms with van der Waals surface area (Å²) in [7, 11) is 1.66. The van der Waals surface area contributed by atoms with Crippen LogP contribution in [0.3, 0.4) is 0 Å². The fraction of sp³-hybridized carbons (Fsp3) is 0.333. The van der Waals surface area contributed by atoms with E-state index in [9.17, 15) is 0 Å². The van der Waals surface area contributed by atoms with Crippen LogP contribution in [0.4, 0.5) is 17.2 Å². The maximum Gasteiger partial charge on any atom is 0.242 e. The highest BCUT2D eigenvalue weighted by Gasteiger charge is 2.11. The second-order valence-corrected chi connectivity index (χ2v) is 4.87. The van der Waals surface area contributed by atoms with E-state index in [1.165, 1.54) is 6.33 Å². The number of nitrogen functional groups attached to an aromatic ring is 1. The largest absolute Gasteiger partial charge is 0.473 e. The molecule has 1 aromatic carbocycles. The van der Waals surface area contributed by atoms with Gasteiger partial charge < -0.3 is 20.5 Å². The van der Waals surface area contributed by atoms with Crippen LogP contribution in [0, 0.1) is 0 Å². The highest BCUT2D eigenvalue weighted by Crippen LogP contribution is 2.28. The van der Waals surface area contributed by atoms with Gasteiger partial charge >= 0.3 is 0 Å². The van der Waals surface area contributed by atoms with Crippen molar-refractivity contribution in [2.45, 2.75) is 26.6 Å². The van der Waals surface area contributed by atoms with Crippen molar-refractivity contribution >= 4 is 17.2 Å². The number of aromatic nitrogens is 2. The monoisotopic (exact) mass is 288 g/mol. The molecule has 1 aromatic heterocycles. The number of anilines is 3. The first-order chi connectivity index (χ1) is 10.1. The lowest BCUT2D eigenvalue weighted by Crippen LogP contribution is -2.10. The maximum atomic E-state index is 6.04. The number of nitrogens with two attached hydrogens (primary N) is 1. The average Bonchev–Trinajstić information content (AvgIpc) is 2.44. The molecule has 0 bridgehead atoms. The van der Waals surface area contributed by atoms with E-state index in [-0.39, 0.29) is 6.10 Å². The second-order valence-electron chi connectivity index (χ2n) is 4.87. The van der Waals surface area contributed by atoms with E-state index in [0.29, 0.717) is 24.0 Å². The first kappa shape index (κ1) is 15.1. The zero-order chi connectivity index (χ0) is 15.2. The van der Waals surface area contributed by atoms with Crippen LogP contribution in [0.2, 0.25) is 0 Å². The Bertz CT molecular complexity index is 602. The van der Waals surface area contributed by atoms with Gasteiger partial charge in [0.2, 0.25) is 5.88 Å². The minimum absolute atomic E-state index is 0.0000749. The van der Waals surface area contributed by atoms with E-state index < -0.39 is 0 Å². The van der Waals surface area contributed by atoms with Crippen molar-refractivity contribution in [1.29, 1.82) is 0 Å². The summed E-state index contributed by atoms with van der Waals surface area (Å²) in [6.45, 7) is 4.39. The van der Waals surface area contributed by atoms with Gasteiger partial charge in [0, 0.05) is 12.8 Å². The summed E-state index contributed by atoms with van der Waals surface area (Å²) in [5.41, 5.74) is 8.37. The van der Waals surface area contributed by atoms with Crippen LogP contribution in [0.25, 0.3) is 0 Å². The highest BCUT2D eigenvalue weighted by molar-refractivity contribution is 5.72. The summed E-state index contributed by atoms with van der Waals surface area (Å²) in [6.07, 6.45) is 1.43. The van der Waals surface area contributed by atoms with Gasteiger partial charge in [-0.1, -0.05) is 12.1 Å². The van der Waals surface area contributed by atoms with E-state index in [0.717, 1.165) is 11.3 Å². The molecule has 2 aromatic rings. The summed E-state index contributed by atoms with van der Waals surface area (Å²) in [5, 5.41) is 3.17. The van der Waals surface area contributed by atoms with Crippen LogP contribution >= 0.6 is 0 Å². The Morgan fingerprint density at radius 2 is 2.10 bits per heavy atom. The number of methoxy groups -OCH3 is 1. The smallest absolute Gasteiger partial charge is 0.242 e. The van der Waals surface area contributed by atoms with Gasteiger partial charge in [-0.05, 0) is 31.5 Å². The Morgan fingerprint density at radius 3 is 2.81 bits per heavy atom. The zero-order valence-electron chi connectivity index (χ0n) is 12.5. The van der Waals surface area contributed by atoms with Crippen molar-refractivity contribution in [1.82, 2.24) is 9.97 Å². The van der Waals surface area contributed by atoms with Crippen molar-refractivity contribution in [2.24, 2.45) is 0 Å². The Morgan fingerprint density at radius 1 is 1.29 bits per heavy atom. The number of hydrogen-bond acceptors (Lipinski definition) is 6. The molecule has 21 heavy (non-hydrogen) atoms. The van der Waals surface area contributed by atoms with Crippen LogP contribution in [-0.2, 0) is 11.3 Å². The zero-order valence-corrected chi connectivity index (χ0v) is 12.5. The molecule has 3 N–H and O–H groups in total. The van der Waals surface area contributed by atoms with Crippen molar-refractivity contribution in [3.8, 4) is 5.88 Å². The van der Waals surface area contributed by atoms with E-state index in [2.05, 4.69) is 15.3 Å². The van der Waals surface area contributed by atoms with Crippen LogP contribution in [0.15, 0.2) is 30.6 Å². The average molecular weight is 288 g/mol. The molecule has 112 valence electrons. The van der Waals surface area contributed by atoms with Gasteiger partial charge in [0.15, 0.2) is 5.82 Å². The van der Waals surface area contributed by atoms with Crippen molar-refractivity contribution in [2.75, 3.05) is 18.2 Å². The lowest BCUT2D eigenvalue weighted by molar-refractivity contribution is 0.185. The van der Waals surface area contributed by atoms with Crippen molar-refractivity contribution in [3.63, 3.8) is 0 Å². The molecule has 1 heterocycles. The first-order valence-electron chi connectivity index (χ1n) is 6.72. The number of ether oxygens (including phenoxy) is 2. The van der Waals surface area contributed by atoms with Gasteiger partial charge in [0.05, 0.1) is 12.7 Å². The van der Waals surface area contributed by atoms with Crippen molar-refractivity contribution in [3.05, 3.63) is 36.2 Å². The predicted octanol–water partition coefficient (Wildman–Crippen LogP) is 2.74. The van der Waals surface area contributed by atoms with Gasteiger partial charge in [-0.15, -0.1) is 0 Å². The van der Waals surface area contributed by atoms with E-state index in [1.54, 1.807) is 7.11 Å². The molecular formula is C15H20N4O2. The van der Waals surface area contributed by atoms with Crippen LogP contribution in [0.1, 0.15) is 19.4 Å². The molecule has 0 aliphatic rings. The maximum absolute atomic E-state index is 6.04. The summed E-state index contributed by atoms with van der Waals surface area (Å²) in [5.74, 6) is 0.908. The first-order valence-corrected chi connectivity index (χ1v) is 6.72. The minimum Gasteiger partial charge on any atom is -0.473 e. The SMILES string of the molecule is COCc1cccc(Nc2ncnc(OC(C)C)c2N)c1. The lowest BCUT2D eigenvalue weighted by Gasteiger charge is -2.14. The van der Waals surface area contributed by atoms with Gasteiger partial charge in [0.25, 0.3) is 0 Å². The summed E-state index contributed by atoms with van der Waals surface area (Å²) < 4.78 is 10.7. The Kier molecular flexibility index (Phi) is 4.94. The third-order valence-corrected chi connectivity index (χ3v) is 2.70. The highest BCUT2D eigenvalue weighted by atomic mass is 16.5. The third-order valence-electron chi connectivity index (χ3n) is 2.70.